The van der Waals surface area contributed by atoms with E-state index in [0.29, 0.717) is 11.4 Å². The van der Waals surface area contributed by atoms with Crippen LogP contribution in [0.1, 0.15) is 36.8 Å². The second kappa shape index (κ2) is 10.1. The average Bonchev–Trinajstić information content (AvgIpc) is 2.96. The standard InChI is InChI=1S/C27H26N2O4/c1-19-16-25(30)28-23-14-8-9-15-24(23)29(19)26(31)18-33-27(32)17-22(20-10-4-2-5-11-20)21-12-6-3-7-13-21/h2-15,19,22H,16-18H2,1H3,(H,28,30). The van der Waals surface area contributed by atoms with E-state index in [2.05, 4.69) is 5.32 Å². The van der Waals surface area contributed by atoms with E-state index < -0.39 is 5.97 Å². The number of carbonyl (C=O) groups is 3. The smallest absolute Gasteiger partial charge is 0.307 e. The van der Waals surface area contributed by atoms with Gasteiger partial charge >= 0.3 is 5.97 Å². The van der Waals surface area contributed by atoms with Crippen molar-refractivity contribution in [3.05, 3.63) is 96.1 Å². The Morgan fingerprint density at radius 1 is 0.939 bits per heavy atom. The summed E-state index contributed by atoms with van der Waals surface area (Å²) in [6.07, 6.45) is 0.284. The lowest BCUT2D eigenvalue weighted by molar-refractivity contribution is -0.148. The molecule has 0 aromatic heterocycles. The van der Waals surface area contributed by atoms with Gasteiger partial charge in [0.15, 0.2) is 6.61 Å². The van der Waals surface area contributed by atoms with Crippen LogP contribution in [-0.2, 0) is 19.1 Å². The third-order valence-electron chi connectivity index (χ3n) is 5.76. The Morgan fingerprint density at radius 2 is 1.52 bits per heavy atom. The zero-order valence-corrected chi connectivity index (χ0v) is 18.4. The summed E-state index contributed by atoms with van der Waals surface area (Å²) in [5, 5.41) is 2.82. The van der Waals surface area contributed by atoms with E-state index in [1.807, 2.05) is 67.6 Å². The van der Waals surface area contributed by atoms with Gasteiger partial charge in [0.25, 0.3) is 5.91 Å². The largest absolute Gasteiger partial charge is 0.456 e. The van der Waals surface area contributed by atoms with Gasteiger partial charge in [0.05, 0.1) is 17.8 Å². The third-order valence-corrected chi connectivity index (χ3v) is 5.76. The van der Waals surface area contributed by atoms with Crippen LogP contribution in [0.15, 0.2) is 84.9 Å². The molecular formula is C27H26N2O4. The van der Waals surface area contributed by atoms with Crippen molar-refractivity contribution in [3.8, 4) is 0 Å². The molecule has 1 unspecified atom stereocenters. The molecule has 6 nitrogen and oxygen atoms in total. The Labute approximate surface area is 193 Å². The first kappa shape index (κ1) is 22.3. The SMILES string of the molecule is CC1CC(=O)Nc2ccccc2N1C(=O)COC(=O)CC(c1ccccc1)c1ccccc1. The molecule has 0 bridgehead atoms. The number of fused-ring (bicyclic) bond motifs is 1. The number of esters is 1. The maximum Gasteiger partial charge on any atom is 0.307 e. The maximum atomic E-state index is 13.1. The third kappa shape index (κ3) is 5.29. The molecule has 0 spiro atoms. The summed E-state index contributed by atoms with van der Waals surface area (Å²) in [6, 6.07) is 26.3. The zero-order chi connectivity index (χ0) is 23.2. The molecule has 1 heterocycles. The van der Waals surface area contributed by atoms with Gasteiger partial charge in [0, 0.05) is 18.4 Å². The molecule has 0 fully saturated rings. The summed E-state index contributed by atoms with van der Waals surface area (Å²) in [5.74, 6) is -1.15. The maximum absolute atomic E-state index is 13.1. The summed E-state index contributed by atoms with van der Waals surface area (Å²) in [5.41, 5.74) is 3.18. The number of anilines is 2. The van der Waals surface area contributed by atoms with Gasteiger partial charge in [-0.2, -0.15) is 0 Å². The molecule has 33 heavy (non-hydrogen) atoms. The highest BCUT2D eigenvalue weighted by atomic mass is 16.5. The predicted octanol–water partition coefficient (Wildman–Crippen LogP) is 4.52. The fourth-order valence-corrected chi connectivity index (χ4v) is 4.20. The molecule has 4 rings (SSSR count). The lowest BCUT2D eigenvalue weighted by atomic mass is 9.89. The van der Waals surface area contributed by atoms with Gasteiger partial charge in [0.2, 0.25) is 5.91 Å². The number of para-hydroxylation sites is 2. The van der Waals surface area contributed by atoms with Gasteiger partial charge < -0.3 is 15.0 Å². The fraction of sp³-hybridized carbons (Fsp3) is 0.222. The van der Waals surface area contributed by atoms with E-state index in [0.717, 1.165) is 11.1 Å². The molecule has 2 amide bonds. The summed E-state index contributed by atoms with van der Waals surface area (Å²) in [7, 11) is 0. The number of hydrogen-bond acceptors (Lipinski definition) is 4. The van der Waals surface area contributed by atoms with Crippen molar-refractivity contribution in [1.29, 1.82) is 0 Å². The van der Waals surface area contributed by atoms with E-state index in [-0.39, 0.29) is 43.2 Å². The highest BCUT2D eigenvalue weighted by Gasteiger charge is 2.30. The van der Waals surface area contributed by atoms with Crippen LogP contribution >= 0.6 is 0 Å². The van der Waals surface area contributed by atoms with Gasteiger partial charge in [-0.05, 0) is 30.2 Å². The molecule has 6 heteroatoms. The summed E-state index contributed by atoms with van der Waals surface area (Å²) in [6.45, 7) is 1.42. The molecule has 0 aliphatic carbocycles. The molecule has 1 aliphatic rings. The van der Waals surface area contributed by atoms with E-state index in [1.165, 1.54) is 4.90 Å². The molecule has 1 atom stereocenters. The van der Waals surface area contributed by atoms with Crippen LogP contribution in [0, 0.1) is 0 Å². The van der Waals surface area contributed by atoms with Crippen molar-refractivity contribution in [3.63, 3.8) is 0 Å². The number of nitrogens with zero attached hydrogens (tertiary/aromatic N) is 1. The van der Waals surface area contributed by atoms with Crippen LogP contribution in [0.5, 0.6) is 0 Å². The second-order valence-corrected chi connectivity index (χ2v) is 8.12. The number of carbonyl (C=O) groups excluding carboxylic acids is 3. The van der Waals surface area contributed by atoms with Crippen LogP contribution in [0.2, 0.25) is 0 Å². The zero-order valence-electron chi connectivity index (χ0n) is 18.4. The molecule has 0 saturated heterocycles. The first-order valence-corrected chi connectivity index (χ1v) is 11.0. The highest BCUT2D eigenvalue weighted by molar-refractivity contribution is 6.05. The Morgan fingerprint density at radius 3 is 2.15 bits per heavy atom. The van der Waals surface area contributed by atoms with Crippen molar-refractivity contribution >= 4 is 29.2 Å². The van der Waals surface area contributed by atoms with Gasteiger partial charge in [0.1, 0.15) is 0 Å². The molecular weight excluding hydrogens is 416 g/mol. The van der Waals surface area contributed by atoms with Crippen molar-refractivity contribution in [2.45, 2.75) is 31.7 Å². The molecule has 1 N–H and O–H groups in total. The highest BCUT2D eigenvalue weighted by Crippen LogP contribution is 2.32. The van der Waals surface area contributed by atoms with E-state index in [1.54, 1.807) is 24.3 Å². The number of ether oxygens (including phenoxy) is 1. The average molecular weight is 443 g/mol. The summed E-state index contributed by atoms with van der Waals surface area (Å²) >= 11 is 0. The van der Waals surface area contributed by atoms with Crippen LogP contribution in [0.4, 0.5) is 11.4 Å². The number of nitrogens with one attached hydrogen (secondary N) is 1. The monoisotopic (exact) mass is 442 g/mol. The van der Waals surface area contributed by atoms with Crippen LogP contribution < -0.4 is 10.2 Å². The molecule has 0 radical (unpaired) electrons. The minimum absolute atomic E-state index is 0.119. The quantitative estimate of drug-likeness (QED) is 0.570. The minimum Gasteiger partial charge on any atom is -0.456 e. The van der Waals surface area contributed by atoms with E-state index in [9.17, 15) is 14.4 Å². The van der Waals surface area contributed by atoms with Gasteiger partial charge in [-0.25, -0.2) is 0 Å². The predicted molar refractivity (Wildman–Crippen MR) is 127 cm³/mol. The van der Waals surface area contributed by atoms with Crippen LogP contribution in [-0.4, -0.2) is 30.4 Å². The van der Waals surface area contributed by atoms with E-state index >= 15 is 0 Å². The molecule has 0 saturated carbocycles. The van der Waals surface area contributed by atoms with Gasteiger partial charge in [-0.3, -0.25) is 14.4 Å². The Kier molecular flexibility index (Phi) is 6.83. The van der Waals surface area contributed by atoms with Crippen molar-refractivity contribution in [2.24, 2.45) is 0 Å². The van der Waals surface area contributed by atoms with Crippen molar-refractivity contribution in [1.82, 2.24) is 0 Å². The van der Waals surface area contributed by atoms with Crippen LogP contribution in [0.3, 0.4) is 0 Å². The minimum atomic E-state index is -0.453. The van der Waals surface area contributed by atoms with Crippen molar-refractivity contribution in [2.75, 3.05) is 16.8 Å². The number of benzene rings is 3. The summed E-state index contributed by atoms with van der Waals surface area (Å²) < 4.78 is 5.43. The molecule has 3 aromatic carbocycles. The lowest BCUT2D eigenvalue weighted by Crippen LogP contribution is -2.41. The number of rotatable bonds is 6. The van der Waals surface area contributed by atoms with Gasteiger partial charge in [-0.15, -0.1) is 0 Å². The second-order valence-electron chi connectivity index (χ2n) is 8.12. The molecule has 1 aliphatic heterocycles. The van der Waals surface area contributed by atoms with Crippen molar-refractivity contribution < 1.29 is 19.1 Å². The number of hydrogen-bond donors (Lipinski definition) is 1. The van der Waals surface area contributed by atoms with Crippen LogP contribution in [0.25, 0.3) is 0 Å². The first-order chi connectivity index (χ1) is 16.0. The van der Waals surface area contributed by atoms with Gasteiger partial charge in [-0.1, -0.05) is 72.8 Å². The lowest BCUT2D eigenvalue weighted by Gasteiger charge is -2.27. The number of amides is 2. The Hall–Kier alpha value is -3.93. The summed E-state index contributed by atoms with van der Waals surface area (Å²) in [4.78, 5) is 39.5. The Bertz CT molecular complexity index is 1090. The Balaban J connectivity index is 1.47. The first-order valence-electron chi connectivity index (χ1n) is 11.0. The molecule has 168 valence electrons. The fourth-order valence-electron chi connectivity index (χ4n) is 4.20. The molecule has 3 aromatic rings. The van der Waals surface area contributed by atoms with E-state index in [4.69, 9.17) is 4.74 Å². The topological polar surface area (TPSA) is 75.7 Å². The normalized spacial score (nSPS) is 15.4.